The van der Waals surface area contributed by atoms with Gasteiger partial charge in [-0.05, 0) is 30.0 Å². The molecule has 18 heavy (non-hydrogen) atoms. The molecule has 0 aliphatic heterocycles. The first kappa shape index (κ1) is 15.2. The molecule has 1 rings (SSSR count). The van der Waals surface area contributed by atoms with Gasteiger partial charge in [0.15, 0.2) is 0 Å². The lowest BCUT2D eigenvalue weighted by Crippen LogP contribution is -2.36. The second kappa shape index (κ2) is 7.54. The van der Waals surface area contributed by atoms with Crippen LogP contribution in [0, 0.1) is 11.8 Å². The number of carbonyl (C=O) groups is 1. The number of nitrogens with one attached hydrogen (secondary N) is 1. The van der Waals surface area contributed by atoms with E-state index in [-0.39, 0.29) is 24.3 Å². The number of hydrogen-bond acceptors (Lipinski definition) is 2. The minimum atomic E-state index is -0.312. The van der Waals surface area contributed by atoms with Crippen molar-refractivity contribution in [1.29, 1.82) is 0 Å². The van der Waals surface area contributed by atoms with Gasteiger partial charge in [-0.2, -0.15) is 0 Å². The molecular formula is C14H20BrNO2. The van der Waals surface area contributed by atoms with Crippen molar-refractivity contribution in [2.24, 2.45) is 11.8 Å². The third-order valence-corrected chi connectivity index (χ3v) is 3.43. The molecule has 100 valence electrons. The molecule has 4 heteroatoms. The largest absolute Gasteiger partial charge is 0.396 e. The van der Waals surface area contributed by atoms with E-state index in [0.717, 1.165) is 10.9 Å². The molecular weight excluding hydrogens is 294 g/mol. The molecule has 3 nitrogen and oxygen atoms in total. The Hall–Kier alpha value is -0.870. The summed E-state index contributed by atoms with van der Waals surface area (Å²) in [5.74, 6) is -0.226. The van der Waals surface area contributed by atoms with E-state index in [4.69, 9.17) is 5.11 Å². The van der Waals surface area contributed by atoms with Crippen molar-refractivity contribution < 1.29 is 9.90 Å². The van der Waals surface area contributed by atoms with Crippen LogP contribution in [0.15, 0.2) is 28.7 Å². The molecule has 0 saturated carbocycles. The molecule has 0 fully saturated rings. The van der Waals surface area contributed by atoms with Crippen LogP contribution in [-0.2, 0) is 11.2 Å². The van der Waals surface area contributed by atoms with E-state index in [1.165, 1.54) is 5.56 Å². The molecule has 0 heterocycles. The van der Waals surface area contributed by atoms with Crippen molar-refractivity contribution in [1.82, 2.24) is 5.32 Å². The monoisotopic (exact) mass is 313 g/mol. The topological polar surface area (TPSA) is 49.3 Å². The third kappa shape index (κ3) is 4.78. The van der Waals surface area contributed by atoms with Crippen LogP contribution in [-0.4, -0.2) is 24.2 Å². The van der Waals surface area contributed by atoms with Gasteiger partial charge in [-0.25, -0.2) is 0 Å². The summed E-state index contributed by atoms with van der Waals surface area (Å²) in [5.41, 5.74) is 1.18. The van der Waals surface area contributed by atoms with Gasteiger partial charge in [0.05, 0.1) is 12.5 Å². The number of aliphatic hydroxyl groups is 1. The number of halogens is 1. The molecule has 0 spiro atoms. The molecule has 0 aromatic heterocycles. The van der Waals surface area contributed by atoms with Crippen molar-refractivity contribution in [3.8, 4) is 0 Å². The fourth-order valence-corrected chi connectivity index (χ4v) is 2.20. The van der Waals surface area contributed by atoms with E-state index in [1.54, 1.807) is 0 Å². The highest BCUT2D eigenvalue weighted by Gasteiger charge is 2.20. The first-order valence-electron chi connectivity index (χ1n) is 6.17. The highest BCUT2D eigenvalue weighted by Crippen LogP contribution is 2.12. The van der Waals surface area contributed by atoms with Crippen LogP contribution < -0.4 is 5.32 Å². The molecule has 0 saturated heterocycles. The fourth-order valence-electron chi connectivity index (χ4n) is 1.75. The summed E-state index contributed by atoms with van der Waals surface area (Å²) in [6, 6.07) is 8.02. The van der Waals surface area contributed by atoms with E-state index < -0.39 is 0 Å². The first-order valence-corrected chi connectivity index (χ1v) is 6.97. The normalized spacial score (nSPS) is 12.5. The van der Waals surface area contributed by atoms with E-state index in [0.29, 0.717) is 6.54 Å². The number of hydrogen-bond donors (Lipinski definition) is 2. The quantitative estimate of drug-likeness (QED) is 0.847. The van der Waals surface area contributed by atoms with Gasteiger partial charge in [0.1, 0.15) is 0 Å². The Balaban J connectivity index is 2.40. The maximum atomic E-state index is 11.8. The summed E-state index contributed by atoms with van der Waals surface area (Å²) < 4.78 is 1.04. The number of carbonyl (C=O) groups excluding carboxylic acids is 1. The predicted octanol–water partition coefficient (Wildman–Crippen LogP) is 2.37. The van der Waals surface area contributed by atoms with Crippen LogP contribution in [0.3, 0.4) is 0 Å². The van der Waals surface area contributed by atoms with Crippen LogP contribution in [0.1, 0.15) is 19.4 Å². The molecule has 1 aromatic rings. The van der Waals surface area contributed by atoms with Crippen molar-refractivity contribution >= 4 is 21.8 Å². The van der Waals surface area contributed by atoms with Crippen molar-refractivity contribution in [3.63, 3.8) is 0 Å². The zero-order chi connectivity index (χ0) is 13.5. The lowest BCUT2D eigenvalue weighted by atomic mass is 9.96. The van der Waals surface area contributed by atoms with Crippen LogP contribution in [0.4, 0.5) is 0 Å². The molecule has 0 radical (unpaired) electrons. The molecule has 1 unspecified atom stereocenters. The van der Waals surface area contributed by atoms with E-state index >= 15 is 0 Å². The zero-order valence-electron chi connectivity index (χ0n) is 10.8. The van der Waals surface area contributed by atoms with Crippen molar-refractivity contribution in [2.75, 3.05) is 13.2 Å². The van der Waals surface area contributed by atoms with Crippen molar-refractivity contribution in [2.45, 2.75) is 20.3 Å². The Kier molecular flexibility index (Phi) is 6.36. The Labute approximate surface area is 117 Å². The van der Waals surface area contributed by atoms with E-state index in [2.05, 4.69) is 21.2 Å². The van der Waals surface area contributed by atoms with Gasteiger partial charge in [-0.3, -0.25) is 4.79 Å². The molecule has 0 aliphatic carbocycles. The zero-order valence-corrected chi connectivity index (χ0v) is 12.4. The molecule has 0 aliphatic rings. The Morgan fingerprint density at radius 2 is 2.17 bits per heavy atom. The van der Waals surface area contributed by atoms with Gasteiger partial charge in [0.2, 0.25) is 5.91 Å². The van der Waals surface area contributed by atoms with Gasteiger partial charge in [-0.1, -0.05) is 41.9 Å². The van der Waals surface area contributed by atoms with Gasteiger partial charge < -0.3 is 10.4 Å². The average Bonchev–Trinajstić information content (AvgIpc) is 2.29. The van der Waals surface area contributed by atoms with Gasteiger partial charge in [0.25, 0.3) is 0 Å². The fraction of sp³-hybridized carbons (Fsp3) is 0.500. The molecule has 1 atom stereocenters. The molecule has 0 bridgehead atoms. The Morgan fingerprint density at radius 3 is 2.72 bits per heavy atom. The second-order valence-corrected chi connectivity index (χ2v) is 5.62. The number of rotatable bonds is 6. The Morgan fingerprint density at radius 1 is 1.44 bits per heavy atom. The van der Waals surface area contributed by atoms with Crippen molar-refractivity contribution in [3.05, 3.63) is 34.3 Å². The lowest BCUT2D eigenvalue weighted by Gasteiger charge is -2.17. The lowest BCUT2D eigenvalue weighted by molar-refractivity contribution is -0.127. The Bertz CT molecular complexity index is 393. The summed E-state index contributed by atoms with van der Waals surface area (Å²) in [7, 11) is 0. The highest BCUT2D eigenvalue weighted by atomic mass is 79.9. The third-order valence-electron chi connectivity index (χ3n) is 2.94. The van der Waals surface area contributed by atoms with Crippen LogP contribution >= 0.6 is 15.9 Å². The molecule has 2 N–H and O–H groups in total. The molecule has 1 amide bonds. The predicted molar refractivity (Wildman–Crippen MR) is 76.3 cm³/mol. The van der Waals surface area contributed by atoms with E-state index in [9.17, 15) is 4.79 Å². The summed E-state index contributed by atoms with van der Waals surface area (Å²) in [5, 5.41) is 12.0. The summed E-state index contributed by atoms with van der Waals surface area (Å²) in [6.07, 6.45) is 0.793. The molecule has 1 aromatic carbocycles. The summed E-state index contributed by atoms with van der Waals surface area (Å²) >= 11 is 3.42. The van der Waals surface area contributed by atoms with Gasteiger partial charge in [-0.15, -0.1) is 0 Å². The minimum absolute atomic E-state index is 0.0671. The smallest absolute Gasteiger partial charge is 0.225 e. The van der Waals surface area contributed by atoms with E-state index in [1.807, 2.05) is 38.1 Å². The van der Waals surface area contributed by atoms with Crippen LogP contribution in [0.25, 0.3) is 0 Å². The highest BCUT2D eigenvalue weighted by molar-refractivity contribution is 9.10. The SMILES string of the molecule is CC(C)C(CO)C(=O)NCCc1cccc(Br)c1. The first-order chi connectivity index (χ1) is 8.54. The number of aliphatic hydroxyl groups excluding tert-OH is 1. The van der Waals surface area contributed by atoms with Crippen LogP contribution in [0.5, 0.6) is 0 Å². The summed E-state index contributed by atoms with van der Waals surface area (Å²) in [4.78, 5) is 11.8. The van der Waals surface area contributed by atoms with Gasteiger partial charge in [0, 0.05) is 11.0 Å². The number of benzene rings is 1. The standard InChI is InChI=1S/C14H20BrNO2/c1-10(2)13(9-17)14(18)16-7-6-11-4-3-5-12(15)8-11/h3-5,8,10,13,17H,6-7,9H2,1-2H3,(H,16,18). The second-order valence-electron chi connectivity index (χ2n) is 4.70. The maximum Gasteiger partial charge on any atom is 0.225 e. The average molecular weight is 314 g/mol. The number of amides is 1. The summed E-state index contributed by atoms with van der Waals surface area (Å²) in [6.45, 7) is 4.38. The van der Waals surface area contributed by atoms with Gasteiger partial charge >= 0.3 is 0 Å². The van der Waals surface area contributed by atoms with Crippen LogP contribution in [0.2, 0.25) is 0 Å². The maximum absolute atomic E-state index is 11.8. The minimum Gasteiger partial charge on any atom is -0.396 e.